The molecule has 0 aliphatic carbocycles. The van der Waals surface area contributed by atoms with Gasteiger partial charge in [0.05, 0.1) is 12.1 Å². The summed E-state index contributed by atoms with van der Waals surface area (Å²) in [5.41, 5.74) is 1.33. The van der Waals surface area contributed by atoms with Crippen molar-refractivity contribution in [1.29, 1.82) is 0 Å². The number of pyridine rings is 1. The molecule has 1 atom stereocenters. The lowest BCUT2D eigenvalue weighted by Gasteiger charge is -2.13. The first kappa shape index (κ1) is 19.6. The molecule has 1 aromatic carbocycles. The number of hydrogen-bond donors (Lipinski definition) is 1. The molecule has 0 spiro atoms. The van der Waals surface area contributed by atoms with Crippen molar-refractivity contribution in [2.45, 2.75) is 25.9 Å². The van der Waals surface area contributed by atoms with Gasteiger partial charge in [-0.15, -0.1) is 0 Å². The van der Waals surface area contributed by atoms with Gasteiger partial charge in [-0.2, -0.15) is 0 Å². The van der Waals surface area contributed by atoms with Gasteiger partial charge in [0.2, 0.25) is 0 Å². The summed E-state index contributed by atoms with van der Waals surface area (Å²) >= 11 is 5.90. The molecule has 2 heterocycles. The Morgan fingerprint density at radius 2 is 1.93 bits per heavy atom. The van der Waals surface area contributed by atoms with Crippen molar-refractivity contribution in [2.24, 2.45) is 0 Å². The predicted octanol–water partition coefficient (Wildman–Crippen LogP) is 4.50. The van der Waals surface area contributed by atoms with Crippen LogP contribution < -0.4 is 5.32 Å². The van der Waals surface area contributed by atoms with E-state index < -0.39 is 18.0 Å². The van der Waals surface area contributed by atoms with E-state index in [2.05, 4.69) is 10.3 Å². The number of esters is 1. The number of ether oxygens (including phenoxy) is 1. The van der Waals surface area contributed by atoms with Crippen molar-refractivity contribution in [2.75, 3.05) is 5.32 Å². The number of anilines is 1. The number of hydrogen-bond acceptors (Lipinski definition) is 5. The van der Waals surface area contributed by atoms with Crippen molar-refractivity contribution >= 4 is 29.2 Å². The van der Waals surface area contributed by atoms with E-state index in [9.17, 15) is 9.59 Å². The minimum absolute atomic E-state index is 0.104. The molecule has 144 valence electrons. The highest BCUT2D eigenvalue weighted by Crippen LogP contribution is 2.22. The molecule has 7 heteroatoms. The lowest BCUT2D eigenvalue weighted by molar-refractivity contribution is -0.153. The van der Waals surface area contributed by atoms with E-state index in [0.717, 1.165) is 11.3 Å². The highest BCUT2D eigenvalue weighted by Gasteiger charge is 2.19. The largest absolute Gasteiger partial charge is 0.461 e. The maximum absolute atomic E-state index is 12.1. The highest BCUT2D eigenvalue weighted by molar-refractivity contribution is 6.32. The average Bonchev–Trinajstić information content (AvgIpc) is 3.18. The third-order valence-electron chi connectivity index (χ3n) is 3.99. The molecule has 3 rings (SSSR count). The first-order valence-electron chi connectivity index (χ1n) is 8.78. The molecule has 3 aromatic rings. The summed E-state index contributed by atoms with van der Waals surface area (Å²) in [7, 11) is 0. The van der Waals surface area contributed by atoms with Crippen molar-refractivity contribution in [1.82, 2.24) is 4.98 Å². The number of halogens is 1. The van der Waals surface area contributed by atoms with Gasteiger partial charge in [-0.25, -0.2) is 4.98 Å². The Kier molecular flexibility index (Phi) is 6.45. The molecule has 6 nitrogen and oxygen atoms in total. The molecular formula is C21H19ClN2O4. The van der Waals surface area contributed by atoms with Crippen LogP contribution in [0.5, 0.6) is 0 Å². The third kappa shape index (κ3) is 5.20. The van der Waals surface area contributed by atoms with E-state index in [0.29, 0.717) is 17.9 Å². The molecule has 0 saturated heterocycles. The van der Waals surface area contributed by atoms with E-state index in [-0.39, 0.29) is 11.6 Å². The van der Waals surface area contributed by atoms with E-state index in [1.165, 1.54) is 13.1 Å². The Balaban J connectivity index is 1.48. The summed E-state index contributed by atoms with van der Waals surface area (Å²) in [5, 5.41) is 2.75. The minimum Gasteiger partial charge on any atom is -0.461 e. The summed E-state index contributed by atoms with van der Waals surface area (Å²) in [6.45, 7) is 1.50. The molecule has 2 aromatic heterocycles. The number of furan rings is 1. The van der Waals surface area contributed by atoms with E-state index in [1.54, 1.807) is 12.1 Å². The van der Waals surface area contributed by atoms with E-state index in [1.807, 2.05) is 42.5 Å². The van der Waals surface area contributed by atoms with Crippen LogP contribution in [0.25, 0.3) is 11.3 Å². The number of carbonyl (C=O) groups is 2. The maximum atomic E-state index is 12.1. The zero-order valence-electron chi connectivity index (χ0n) is 15.2. The maximum Gasteiger partial charge on any atom is 0.307 e. The van der Waals surface area contributed by atoms with Gasteiger partial charge in [-0.1, -0.05) is 41.9 Å². The Morgan fingerprint density at radius 1 is 1.14 bits per heavy atom. The van der Waals surface area contributed by atoms with Gasteiger partial charge in [0.1, 0.15) is 11.5 Å². The van der Waals surface area contributed by atoms with Crippen LogP contribution in [-0.4, -0.2) is 23.0 Å². The number of carbonyl (C=O) groups excluding carboxylic acids is 2. The van der Waals surface area contributed by atoms with Crippen molar-refractivity contribution in [3.63, 3.8) is 0 Å². The van der Waals surface area contributed by atoms with Gasteiger partial charge in [0.15, 0.2) is 11.3 Å². The third-order valence-corrected chi connectivity index (χ3v) is 4.29. The Hall–Kier alpha value is -3.12. The molecule has 0 saturated carbocycles. The predicted molar refractivity (Wildman–Crippen MR) is 106 cm³/mol. The van der Waals surface area contributed by atoms with Crippen LogP contribution in [-0.2, 0) is 20.7 Å². The van der Waals surface area contributed by atoms with Gasteiger partial charge in [-0.05, 0) is 31.2 Å². The summed E-state index contributed by atoms with van der Waals surface area (Å²) in [4.78, 5) is 28.1. The number of rotatable bonds is 7. The number of benzene rings is 1. The number of nitrogens with zero attached hydrogens (tertiary/aromatic N) is 1. The quantitative estimate of drug-likeness (QED) is 0.468. The van der Waals surface area contributed by atoms with Crippen LogP contribution in [0, 0.1) is 0 Å². The molecule has 0 bridgehead atoms. The molecule has 0 aliphatic rings. The second kappa shape index (κ2) is 9.19. The van der Waals surface area contributed by atoms with Gasteiger partial charge in [-0.3, -0.25) is 9.59 Å². The summed E-state index contributed by atoms with van der Waals surface area (Å²) in [6, 6.07) is 16.6. The van der Waals surface area contributed by atoms with Crippen LogP contribution >= 0.6 is 11.6 Å². The molecule has 0 fully saturated rings. The van der Waals surface area contributed by atoms with Gasteiger partial charge in [0, 0.05) is 18.2 Å². The zero-order valence-corrected chi connectivity index (χ0v) is 16.0. The first-order valence-corrected chi connectivity index (χ1v) is 9.15. The lowest BCUT2D eigenvalue weighted by Crippen LogP contribution is -2.30. The van der Waals surface area contributed by atoms with Gasteiger partial charge < -0.3 is 14.5 Å². The SMILES string of the molecule is C[C@@H](OC(=O)CCc1ccc(-c2ccccc2)o1)C(=O)Nc1cccnc1Cl. The van der Waals surface area contributed by atoms with Crippen molar-refractivity contribution in [3.05, 3.63) is 71.7 Å². The van der Waals surface area contributed by atoms with Gasteiger partial charge >= 0.3 is 5.97 Å². The molecule has 28 heavy (non-hydrogen) atoms. The van der Waals surface area contributed by atoms with Gasteiger partial charge in [0.25, 0.3) is 5.91 Å². The van der Waals surface area contributed by atoms with Crippen LogP contribution in [0.4, 0.5) is 5.69 Å². The van der Waals surface area contributed by atoms with E-state index >= 15 is 0 Å². The minimum atomic E-state index is -0.958. The number of aryl methyl sites for hydroxylation is 1. The Bertz CT molecular complexity index is 956. The smallest absolute Gasteiger partial charge is 0.307 e. The summed E-state index contributed by atoms with van der Waals surface area (Å²) in [5.74, 6) is 0.449. The summed E-state index contributed by atoms with van der Waals surface area (Å²) < 4.78 is 10.9. The Labute approximate surface area is 167 Å². The van der Waals surface area contributed by atoms with Crippen LogP contribution in [0.3, 0.4) is 0 Å². The molecule has 1 N–H and O–H groups in total. The zero-order chi connectivity index (χ0) is 19.9. The fourth-order valence-electron chi connectivity index (χ4n) is 2.52. The van der Waals surface area contributed by atoms with Crippen LogP contribution in [0.2, 0.25) is 5.15 Å². The fraction of sp³-hybridized carbons (Fsp3) is 0.190. The van der Waals surface area contributed by atoms with Crippen molar-refractivity contribution < 1.29 is 18.7 Å². The Morgan fingerprint density at radius 3 is 2.68 bits per heavy atom. The average molecular weight is 399 g/mol. The second-order valence-electron chi connectivity index (χ2n) is 6.10. The molecular weight excluding hydrogens is 380 g/mol. The number of nitrogens with one attached hydrogen (secondary N) is 1. The standard InChI is InChI=1S/C21H19ClN2O4/c1-14(21(26)24-17-8-5-13-23-20(17)22)27-19(25)12-10-16-9-11-18(28-16)15-6-3-2-4-7-15/h2-9,11,13-14H,10,12H2,1H3,(H,24,26)/t14-/m1/s1. The van der Waals surface area contributed by atoms with Crippen LogP contribution in [0.1, 0.15) is 19.1 Å². The second-order valence-corrected chi connectivity index (χ2v) is 6.45. The van der Waals surface area contributed by atoms with Crippen molar-refractivity contribution in [3.8, 4) is 11.3 Å². The normalized spacial score (nSPS) is 11.6. The fourth-order valence-corrected chi connectivity index (χ4v) is 2.68. The first-order chi connectivity index (χ1) is 13.5. The van der Waals surface area contributed by atoms with E-state index in [4.69, 9.17) is 20.8 Å². The lowest BCUT2D eigenvalue weighted by atomic mass is 10.2. The molecule has 0 radical (unpaired) electrons. The monoisotopic (exact) mass is 398 g/mol. The number of amides is 1. The molecule has 0 unspecified atom stereocenters. The topological polar surface area (TPSA) is 81.4 Å². The van der Waals surface area contributed by atoms with Crippen LogP contribution in [0.15, 0.2) is 65.2 Å². The number of aromatic nitrogens is 1. The summed E-state index contributed by atoms with van der Waals surface area (Å²) in [6.07, 6.45) is 1.04. The molecule has 1 amide bonds. The molecule has 0 aliphatic heterocycles. The highest BCUT2D eigenvalue weighted by atomic mass is 35.5.